The first kappa shape index (κ1) is 38.1. The fourth-order valence-corrected chi connectivity index (χ4v) is 9.13. The van der Waals surface area contributed by atoms with Crippen molar-refractivity contribution in [2.75, 3.05) is 12.3 Å². The van der Waals surface area contributed by atoms with Crippen LogP contribution in [0.25, 0.3) is 0 Å². The van der Waals surface area contributed by atoms with E-state index in [1.165, 1.54) is 4.90 Å². The van der Waals surface area contributed by atoms with Crippen LogP contribution in [0.2, 0.25) is 0 Å². The molecule has 12 nitrogen and oxygen atoms in total. The van der Waals surface area contributed by atoms with Crippen LogP contribution in [0.4, 0.5) is 4.79 Å². The van der Waals surface area contributed by atoms with E-state index in [4.69, 9.17) is 0 Å². The minimum Gasteiger partial charge on any atom is -0.347 e. The number of nitrogens with one attached hydrogen (secondary N) is 4. The third-order valence-corrected chi connectivity index (χ3v) is 13.9. The van der Waals surface area contributed by atoms with Gasteiger partial charge in [-0.1, -0.05) is 67.2 Å². The summed E-state index contributed by atoms with van der Waals surface area (Å²) in [7, 11) is -3.56. The molecule has 3 saturated carbocycles. The van der Waals surface area contributed by atoms with Crippen LogP contribution >= 0.6 is 0 Å². The van der Waals surface area contributed by atoms with Gasteiger partial charge in [0.1, 0.15) is 12.1 Å². The van der Waals surface area contributed by atoms with E-state index in [1.54, 1.807) is 20.8 Å². The summed E-state index contributed by atoms with van der Waals surface area (Å²) >= 11 is 0. The van der Waals surface area contributed by atoms with Crippen LogP contribution in [0.1, 0.15) is 120 Å². The van der Waals surface area contributed by atoms with E-state index in [2.05, 4.69) is 35.1 Å². The molecule has 4 aliphatic rings. The van der Waals surface area contributed by atoms with E-state index in [-0.39, 0.29) is 29.0 Å². The predicted octanol–water partition coefficient (Wildman–Crippen LogP) is 3.23. The zero-order valence-electron chi connectivity index (χ0n) is 30.5. The van der Waals surface area contributed by atoms with Gasteiger partial charge in [0, 0.05) is 12.6 Å². The molecule has 1 aliphatic heterocycles. The molecule has 0 aromatic rings. The third-order valence-electron chi connectivity index (χ3n) is 11.1. The fourth-order valence-electron chi connectivity index (χ4n) is 7.61. The van der Waals surface area contributed by atoms with Crippen molar-refractivity contribution >= 4 is 39.4 Å². The number of piperidine rings is 1. The average Bonchev–Trinajstić information content (AvgIpc) is 3.81. The smallest absolute Gasteiger partial charge is 0.315 e. The molecule has 2 unspecified atom stereocenters. The van der Waals surface area contributed by atoms with Crippen molar-refractivity contribution in [3.8, 4) is 0 Å². The predicted molar refractivity (Wildman–Crippen MR) is 184 cm³/mol. The van der Waals surface area contributed by atoms with Gasteiger partial charge < -0.3 is 26.2 Å². The Morgan fingerprint density at radius 3 is 2.04 bits per heavy atom. The number of carbonyl (C=O) groups is 5. The maximum Gasteiger partial charge on any atom is 0.315 e. The molecular weight excluding hydrogens is 634 g/mol. The third kappa shape index (κ3) is 8.18. The van der Waals surface area contributed by atoms with E-state index in [9.17, 15) is 32.4 Å². The van der Waals surface area contributed by atoms with Crippen molar-refractivity contribution in [2.24, 2.45) is 22.7 Å². The molecule has 272 valence electrons. The van der Waals surface area contributed by atoms with Gasteiger partial charge in [-0.05, 0) is 75.5 Å². The first-order chi connectivity index (χ1) is 22.0. The second-order valence-corrected chi connectivity index (χ2v) is 20.2. The van der Waals surface area contributed by atoms with Crippen LogP contribution in [-0.2, 0) is 29.0 Å². The number of sulfone groups is 1. The standard InChI is InChI=1S/C35H59N5O7S/c1-10-14-23(26(41)29(43)36-21-15-16-21)37-28(42)25-24-22(34(24,8)9)19-40(25)30(44)27(32(2,3)4)38-31(45)39-35(17-12-11-13-18-35)20-48(46,47)33(5,6)7/h21-25,27H,10-20H2,1-9H3,(H,36,43)(H,37,42)(H2,38,39,45)/t22?,23-,24?,25-,27+/m0/s1. The van der Waals surface area contributed by atoms with Gasteiger partial charge in [0.05, 0.1) is 22.1 Å². The maximum absolute atomic E-state index is 14.4. The number of carbonyl (C=O) groups excluding carboxylic acids is 5. The second-order valence-electron chi connectivity index (χ2n) is 17.5. The van der Waals surface area contributed by atoms with Crippen LogP contribution in [0.3, 0.4) is 0 Å². The van der Waals surface area contributed by atoms with Gasteiger partial charge in [-0.3, -0.25) is 19.2 Å². The Morgan fingerprint density at radius 1 is 0.917 bits per heavy atom. The summed E-state index contributed by atoms with van der Waals surface area (Å²) in [6, 6.07) is -3.50. The minimum absolute atomic E-state index is 0.00492. The highest BCUT2D eigenvalue weighted by atomic mass is 32.2. The monoisotopic (exact) mass is 693 g/mol. The molecule has 0 aromatic heterocycles. The number of amides is 5. The number of hydrogen-bond donors (Lipinski definition) is 4. The first-order valence-electron chi connectivity index (χ1n) is 17.8. The maximum atomic E-state index is 14.4. The number of ketones is 1. The highest BCUT2D eigenvalue weighted by Gasteiger charge is 2.70. The number of nitrogens with zero attached hydrogens (tertiary/aromatic N) is 1. The van der Waals surface area contributed by atoms with Crippen molar-refractivity contribution < 1.29 is 32.4 Å². The molecule has 48 heavy (non-hydrogen) atoms. The molecular formula is C35H59N5O7S. The summed E-state index contributed by atoms with van der Waals surface area (Å²) in [5.41, 5.74) is -1.90. The van der Waals surface area contributed by atoms with Crippen molar-refractivity contribution in [3.63, 3.8) is 0 Å². The van der Waals surface area contributed by atoms with Crippen molar-refractivity contribution in [2.45, 2.75) is 155 Å². The van der Waals surface area contributed by atoms with Gasteiger partial charge in [-0.25, -0.2) is 13.2 Å². The molecule has 1 saturated heterocycles. The van der Waals surface area contributed by atoms with E-state index >= 15 is 0 Å². The average molecular weight is 694 g/mol. The van der Waals surface area contributed by atoms with Crippen LogP contribution in [0, 0.1) is 22.7 Å². The Balaban J connectivity index is 1.54. The number of hydrogen-bond acceptors (Lipinski definition) is 7. The molecule has 4 fully saturated rings. The summed E-state index contributed by atoms with van der Waals surface area (Å²) in [6.07, 6.45) is 6.10. The molecule has 13 heteroatoms. The summed E-state index contributed by atoms with van der Waals surface area (Å²) in [5, 5.41) is 11.4. The summed E-state index contributed by atoms with van der Waals surface area (Å²) in [4.78, 5) is 69.3. The molecule has 0 bridgehead atoms. The molecule has 5 amide bonds. The van der Waals surface area contributed by atoms with Gasteiger partial charge in [0.25, 0.3) is 5.91 Å². The van der Waals surface area contributed by atoms with E-state index in [0.29, 0.717) is 32.2 Å². The first-order valence-corrected chi connectivity index (χ1v) is 19.5. The van der Waals surface area contributed by atoms with Crippen LogP contribution in [-0.4, -0.2) is 89.6 Å². The van der Waals surface area contributed by atoms with Crippen LogP contribution < -0.4 is 21.3 Å². The van der Waals surface area contributed by atoms with Gasteiger partial charge in [0.2, 0.25) is 17.6 Å². The zero-order valence-corrected chi connectivity index (χ0v) is 31.3. The Bertz CT molecular complexity index is 1390. The molecule has 0 radical (unpaired) electrons. The molecule has 1 heterocycles. The van der Waals surface area contributed by atoms with Gasteiger partial charge in [-0.2, -0.15) is 0 Å². The molecule has 0 spiro atoms. The minimum atomic E-state index is -3.56. The Hall–Kier alpha value is -2.70. The Kier molecular flexibility index (Phi) is 10.8. The number of fused-ring (bicyclic) bond motifs is 1. The van der Waals surface area contributed by atoms with E-state index < -0.39 is 73.2 Å². The lowest BCUT2D eigenvalue weighted by Gasteiger charge is -2.41. The highest BCUT2D eigenvalue weighted by molar-refractivity contribution is 7.92. The lowest BCUT2D eigenvalue weighted by molar-refractivity contribution is -0.145. The number of rotatable bonds is 12. The van der Waals surface area contributed by atoms with Crippen LogP contribution in [0.5, 0.6) is 0 Å². The zero-order chi connectivity index (χ0) is 36.0. The van der Waals surface area contributed by atoms with E-state index in [1.807, 2.05) is 27.7 Å². The quantitative estimate of drug-likeness (QED) is 0.227. The van der Waals surface area contributed by atoms with Crippen molar-refractivity contribution in [3.05, 3.63) is 0 Å². The molecule has 0 aromatic carbocycles. The second kappa shape index (κ2) is 13.5. The topological polar surface area (TPSA) is 171 Å². The highest BCUT2D eigenvalue weighted by Crippen LogP contribution is 2.65. The van der Waals surface area contributed by atoms with Crippen molar-refractivity contribution in [1.82, 2.24) is 26.2 Å². The molecule has 4 rings (SSSR count). The normalized spacial score (nSPS) is 26.0. The van der Waals surface area contributed by atoms with Crippen molar-refractivity contribution in [1.29, 1.82) is 0 Å². The molecule has 3 aliphatic carbocycles. The van der Waals surface area contributed by atoms with Gasteiger partial charge in [-0.15, -0.1) is 0 Å². The van der Waals surface area contributed by atoms with Gasteiger partial charge >= 0.3 is 6.03 Å². The number of likely N-dealkylation sites (tertiary alicyclic amines) is 1. The molecule has 5 atom stereocenters. The largest absolute Gasteiger partial charge is 0.347 e. The number of urea groups is 1. The van der Waals surface area contributed by atoms with Crippen LogP contribution in [0.15, 0.2) is 0 Å². The SMILES string of the molecule is CCC[C@H](NC(=O)[C@@H]1C2C(CN1C(=O)[C@@H](NC(=O)NC1(CS(=O)(=O)C(C)(C)C)CCCCC1)C(C)(C)C)C2(C)C)C(=O)C(=O)NC1CC1. The summed E-state index contributed by atoms with van der Waals surface area (Å²) in [6.45, 7) is 16.8. The summed E-state index contributed by atoms with van der Waals surface area (Å²) < 4.78 is 25.6. The lowest BCUT2D eigenvalue weighted by Crippen LogP contribution is -2.64. The fraction of sp³-hybridized carbons (Fsp3) is 0.857. The Labute approximate surface area is 287 Å². The lowest BCUT2D eigenvalue weighted by atomic mass is 9.83. The van der Waals surface area contributed by atoms with Gasteiger partial charge in [0.15, 0.2) is 9.84 Å². The Morgan fingerprint density at radius 2 is 1.52 bits per heavy atom. The van der Waals surface area contributed by atoms with E-state index in [0.717, 1.165) is 32.1 Å². The molecule has 4 N–H and O–H groups in total. The number of Topliss-reactive ketones (excluding diaryl/α,β-unsaturated/α-hetero) is 1. The summed E-state index contributed by atoms with van der Waals surface area (Å²) in [5.74, 6) is -2.53.